The van der Waals surface area contributed by atoms with Gasteiger partial charge in [0.25, 0.3) is 0 Å². The van der Waals surface area contributed by atoms with Gasteiger partial charge in [-0.1, -0.05) is 6.92 Å². The maximum absolute atomic E-state index is 3.72. The van der Waals surface area contributed by atoms with E-state index in [9.17, 15) is 0 Å². The highest BCUT2D eigenvalue weighted by Crippen LogP contribution is 2.62. The van der Waals surface area contributed by atoms with Gasteiger partial charge >= 0.3 is 0 Å². The Morgan fingerprint density at radius 1 is 0.632 bits per heavy atom. The second-order valence-electron chi connectivity index (χ2n) is 7.48. The Bertz CT molecular complexity index is 332. The summed E-state index contributed by atoms with van der Waals surface area (Å²) in [6.07, 6.45) is 6.26. The van der Waals surface area contributed by atoms with Crippen LogP contribution in [-0.2, 0) is 0 Å². The highest BCUT2D eigenvalue weighted by Gasteiger charge is 2.70. The zero-order chi connectivity index (χ0) is 13.9. The topological polar surface area (TPSA) is 48.1 Å². The monoisotopic (exact) mass is 266 g/mol. The maximum Gasteiger partial charge on any atom is 0.0256 e. The third-order valence-electron chi connectivity index (χ3n) is 7.01. The molecular weight excluding hydrogens is 236 g/mol. The van der Waals surface area contributed by atoms with E-state index >= 15 is 0 Å². The molecule has 0 heterocycles. The second kappa shape index (κ2) is 3.94. The number of nitrogens with one attached hydrogen (secondary N) is 4. The number of rotatable bonds is 4. The van der Waals surface area contributed by atoms with E-state index in [0.717, 1.165) is 0 Å². The van der Waals surface area contributed by atoms with Crippen LogP contribution in [0.1, 0.15) is 39.0 Å². The summed E-state index contributed by atoms with van der Waals surface area (Å²) < 4.78 is 0. The van der Waals surface area contributed by atoms with Crippen molar-refractivity contribution in [2.45, 2.75) is 61.2 Å². The van der Waals surface area contributed by atoms with Gasteiger partial charge in [0.15, 0.2) is 0 Å². The van der Waals surface area contributed by atoms with Gasteiger partial charge in [-0.05, 0) is 66.2 Å². The van der Waals surface area contributed by atoms with Gasteiger partial charge in [-0.2, -0.15) is 0 Å². The molecule has 4 fully saturated rings. The van der Waals surface area contributed by atoms with Crippen LogP contribution in [0.3, 0.4) is 0 Å². The summed E-state index contributed by atoms with van der Waals surface area (Å²) in [6, 6.07) is 0. The molecule has 4 rings (SSSR count). The largest absolute Gasteiger partial charge is 0.314 e. The Morgan fingerprint density at radius 3 is 1.26 bits per heavy atom. The van der Waals surface area contributed by atoms with Crippen molar-refractivity contribution in [2.75, 3.05) is 28.2 Å². The summed E-state index contributed by atoms with van der Waals surface area (Å²) in [7, 11) is 8.60. The van der Waals surface area contributed by atoms with Crippen molar-refractivity contribution in [3.8, 4) is 0 Å². The molecule has 0 aromatic rings. The molecule has 0 aromatic heterocycles. The van der Waals surface area contributed by atoms with Crippen molar-refractivity contribution in [2.24, 2.45) is 5.92 Å². The predicted molar refractivity (Wildman–Crippen MR) is 79.4 cm³/mol. The first-order chi connectivity index (χ1) is 8.93. The van der Waals surface area contributed by atoms with E-state index in [1.165, 1.54) is 32.1 Å². The quantitative estimate of drug-likeness (QED) is 0.597. The normalized spacial score (nSPS) is 55.7. The molecule has 110 valence electrons. The smallest absolute Gasteiger partial charge is 0.0256 e. The van der Waals surface area contributed by atoms with Crippen molar-refractivity contribution < 1.29 is 0 Å². The minimum atomic E-state index is 0.254. The van der Waals surface area contributed by atoms with Crippen LogP contribution >= 0.6 is 0 Å². The van der Waals surface area contributed by atoms with Gasteiger partial charge in [0, 0.05) is 22.2 Å². The SMILES string of the molecule is CNC12CC3(NC)CC(NC)(C1)C(C)C(NC)(C2)C3. The Morgan fingerprint density at radius 2 is 1.00 bits per heavy atom. The van der Waals surface area contributed by atoms with Crippen LogP contribution in [0.2, 0.25) is 0 Å². The maximum atomic E-state index is 3.72. The first-order valence-corrected chi connectivity index (χ1v) is 7.69. The van der Waals surface area contributed by atoms with Crippen molar-refractivity contribution in [3.63, 3.8) is 0 Å². The molecule has 4 saturated carbocycles. The molecule has 4 aliphatic rings. The van der Waals surface area contributed by atoms with Crippen LogP contribution in [0.5, 0.6) is 0 Å². The fourth-order valence-corrected chi connectivity index (χ4v) is 6.02. The van der Waals surface area contributed by atoms with Crippen molar-refractivity contribution in [1.29, 1.82) is 0 Å². The fourth-order valence-electron chi connectivity index (χ4n) is 6.02. The molecule has 4 bridgehead atoms. The van der Waals surface area contributed by atoms with E-state index in [4.69, 9.17) is 0 Å². The zero-order valence-corrected chi connectivity index (χ0v) is 13.1. The molecule has 0 unspecified atom stereocenters. The van der Waals surface area contributed by atoms with Crippen LogP contribution in [-0.4, -0.2) is 50.3 Å². The minimum Gasteiger partial charge on any atom is -0.314 e. The van der Waals surface area contributed by atoms with Gasteiger partial charge in [0.1, 0.15) is 0 Å². The van der Waals surface area contributed by atoms with Crippen molar-refractivity contribution in [3.05, 3.63) is 0 Å². The summed E-state index contributed by atoms with van der Waals surface area (Å²) in [6.45, 7) is 2.44. The molecule has 0 amide bonds. The van der Waals surface area contributed by atoms with Gasteiger partial charge in [-0.15, -0.1) is 0 Å². The lowest BCUT2D eigenvalue weighted by molar-refractivity contribution is -0.133. The highest BCUT2D eigenvalue weighted by atomic mass is 15.2. The van der Waals surface area contributed by atoms with Crippen LogP contribution in [0.4, 0.5) is 0 Å². The first-order valence-electron chi connectivity index (χ1n) is 7.69. The Labute approximate surface area is 117 Å². The average Bonchev–Trinajstić information content (AvgIpc) is 2.44. The highest BCUT2D eigenvalue weighted by molar-refractivity contribution is 5.30. The lowest BCUT2D eigenvalue weighted by Gasteiger charge is -2.73. The van der Waals surface area contributed by atoms with Gasteiger partial charge in [-0.25, -0.2) is 0 Å². The lowest BCUT2D eigenvalue weighted by atomic mass is 9.41. The zero-order valence-electron chi connectivity index (χ0n) is 13.1. The van der Waals surface area contributed by atoms with Gasteiger partial charge in [-0.3, -0.25) is 0 Å². The van der Waals surface area contributed by atoms with Crippen molar-refractivity contribution in [1.82, 2.24) is 21.3 Å². The molecule has 0 atom stereocenters. The summed E-state index contributed by atoms with van der Waals surface area (Å²) in [5.74, 6) is 0.665. The molecule has 0 aliphatic heterocycles. The van der Waals surface area contributed by atoms with E-state index in [1.807, 2.05) is 0 Å². The molecule has 4 heteroatoms. The molecular formula is C15H30N4. The Balaban J connectivity index is 2.12. The van der Waals surface area contributed by atoms with Crippen LogP contribution < -0.4 is 21.3 Å². The Kier molecular flexibility index (Phi) is 2.86. The van der Waals surface area contributed by atoms with E-state index in [-0.39, 0.29) is 22.2 Å². The average molecular weight is 266 g/mol. The molecule has 0 aromatic carbocycles. The van der Waals surface area contributed by atoms with E-state index in [2.05, 4.69) is 56.4 Å². The minimum absolute atomic E-state index is 0.254. The number of hydrogen-bond donors (Lipinski definition) is 4. The summed E-state index contributed by atoms with van der Waals surface area (Å²) >= 11 is 0. The van der Waals surface area contributed by atoms with E-state index in [1.54, 1.807) is 0 Å². The third kappa shape index (κ3) is 1.54. The van der Waals surface area contributed by atoms with Crippen LogP contribution in [0, 0.1) is 5.92 Å². The molecule has 0 radical (unpaired) electrons. The third-order valence-corrected chi connectivity index (χ3v) is 7.01. The van der Waals surface area contributed by atoms with E-state index in [0.29, 0.717) is 5.92 Å². The van der Waals surface area contributed by atoms with Crippen molar-refractivity contribution >= 4 is 0 Å². The lowest BCUT2D eigenvalue weighted by Crippen LogP contribution is -2.84. The molecule has 4 aliphatic carbocycles. The number of hydrogen-bond acceptors (Lipinski definition) is 4. The molecule has 4 nitrogen and oxygen atoms in total. The molecule has 19 heavy (non-hydrogen) atoms. The standard InChI is InChI=1S/C15H30N4/c1-11-14(18-4)7-12(16-2)6-13(9-14,17-3)10-15(11,8-12)19-5/h11,16-19H,6-10H2,1-5H3. The summed E-state index contributed by atoms with van der Waals surface area (Å²) in [4.78, 5) is 0. The first kappa shape index (κ1) is 13.8. The molecule has 4 N–H and O–H groups in total. The van der Waals surface area contributed by atoms with Crippen LogP contribution in [0.15, 0.2) is 0 Å². The molecule has 0 saturated heterocycles. The van der Waals surface area contributed by atoms with E-state index < -0.39 is 0 Å². The van der Waals surface area contributed by atoms with Crippen LogP contribution in [0.25, 0.3) is 0 Å². The summed E-state index contributed by atoms with van der Waals surface area (Å²) in [5.41, 5.74) is 1.06. The summed E-state index contributed by atoms with van der Waals surface area (Å²) in [5, 5.41) is 14.8. The Hall–Kier alpha value is -0.160. The molecule has 0 spiro atoms. The fraction of sp³-hybridized carbons (Fsp3) is 1.00. The van der Waals surface area contributed by atoms with Gasteiger partial charge < -0.3 is 21.3 Å². The van der Waals surface area contributed by atoms with Gasteiger partial charge in [0.05, 0.1) is 0 Å². The predicted octanol–water partition coefficient (Wildman–Crippen LogP) is 0.447. The second-order valence-corrected chi connectivity index (χ2v) is 7.48. The van der Waals surface area contributed by atoms with Gasteiger partial charge in [0.2, 0.25) is 0 Å².